The number of halogens is 1. The maximum atomic E-state index is 11.0. The van der Waals surface area contributed by atoms with Crippen molar-refractivity contribution in [3.05, 3.63) is 22.8 Å². The molecule has 0 saturated carbocycles. The van der Waals surface area contributed by atoms with Crippen LogP contribution in [0.3, 0.4) is 0 Å². The zero-order chi connectivity index (χ0) is 10.7. The van der Waals surface area contributed by atoms with E-state index in [2.05, 4.69) is 31.5 Å². The molecule has 1 fully saturated rings. The van der Waals surface area contributed by atoms with Crippen LogP contribution in [0.5, 0.6) is 0 Å². The molecule has 1 aromatic heterocycles. The smallest absolute Gasteiger partial charge is 0.220 e. The zero-order valence-corrected chi connectivity index (χ0v) is 9.75. The average Bonchev–Trinajstić information content (AvgIpc) is 2.25. The van der Waals surface area contributed by atoms with E-state index in [9.17, 15) is 4.79 Å². The van der Waals surface area contributed by atoms with E-state index in [0.29, 0.717) is 13.0 Å². The van der Waals surface area contributed by atoms with Gasteiger partial charge in [-0.3, -0.25) is 4.79 Å². The number of hydrogen-bond acceptors (Lipinski definition) is 3. The Kier molecular flexibility index (Phi) is 3.20. The van der Waals surface area contributed by atoms with Gasteiger partial charge in [0.15, 0.2) is 0 Å². The molecular weight excluding hydrogens is 258 g/mol. The van der Waals surface area contributed by atoms with E-state index in [1.807, 2.05) is 12.1 Å². The van der Waals surface area contributed by atoms with Crippen molar-refractivity contribution in [2.45, 2.75) is 18.9 Å². The quantitative estimate of drug-likeness (QED) is 0.857. The summed E-state index contributed by atoms with van der Waals surface area (Å²) in [6.45, 7) is 0.668. The van der Waals surface area contributed by atoms with E-state index >= 15 is 0 Å². The minimum atomic E-state index is 0.133. The number of carbonyl (C=O) groups excluding carboxylic acids is 1. The topological polar surface area (TPSA) is 54.0 Å². The van der Waals surface area contributed by atoms with Crippen molar-refractivity contribution in [2.24, 2.45) is 0 Å². The molecule has 0 bridgehead atoms. The molecule has 0 spiro atoms. The van der Waals surface area contributed by atoms with Crippen LogP contribution in [0.15, 0.2) is 22.8 Å². The van der Waals surface area contributed by atoms with Crippen LogP contribution >= 0.6 is 15.9 Å². The van der Waals surface area contributed by atoms with Gasteiger partial charge in [-0.2, -0.15) is 0 Å². The molecule has 4 nitrogen and oxygen atoms in total. The second kappa shape index (κ2) is 4.61. The molecule has 1 unspecified atom stereocenters. The number of hydrogen-bond donors (Lipinski definition) is 2. The van der Waals surface area contributed by atoms with Gasteiger partial charge in [-0.15, -0.1) is 0 Å². The summed E-state index contributed by atoms with van der Waals surface area (Å²) in [6, 6.07) is 4.09. The van der Waals surface area contributed by atoms with Crippen molar-refractivity contribution in [3.63, 3.8) is 0 Å². The second-order valence-corrected chi connectivity index (χ2v) is 4.37. The van der Waals surface area contributed by atoms with Gasteiger partial charge in [-0.05, 0) is 34.5 Å². The van der Waals surface area contributed by atoms with Crippen molar-refractivity contribution < 1.29 is 4.79 Å². The number of amides is 1. The Morgan fingerprint density at radius 2 is 2.47 bits per heavy atom. The lowest BCUT2D eigenvalue weighted by atomic mass is 10.1. The van der Waals surface area contributed by atoms with Crippen molar-refractivity contribution in [2.75, 3.05) is 11.9 Å². The highest BCUT2D eigenvalue weighted by Crippen LogP contribution is 2.20. The lowest BCUT2D eigenvalue weighted by Crippen LogP contribution is -2.42. The van der Waals surface area contributed by atoms with E-state index in [1.165, 1.54) is 0 Å². The van der Waals surface area contributed by atoms with Crippen molar-refractivity contribution in [1.82, 2.24) is 10.3 Å². The Bertz CT molecular complexity index is 359. The number of carbonyl (C=O) groups is 1. The summed E-state index contributed by atoms with van der Waals surface area (Å²) in [6.07, 6.45) is 3.19. The molecule has 1 saturated heterocycles. The summed E-state index contributed by atoms with van der Waals surface area (Å²) in [7, 11) is 0. The molecule has 1 aromatic rings. The molecule has 2 rings (SSSR count). The molecule has 2 N–H and O–H groups in total. The second-order valence-electron chi connectivity index (χ2n) is 3.52. The highest BCUT2D eigenvalue weighted by molar-refractivity contribution is 9.10. The molecule has 0 radical (unpaired) electrons. The van der Waals surface area contributed by atoms with Crippen LogP contribution < -0.4 is 10.6 Å². The fourth-order valence-corrected chi connectivity index (χ4v) is 1.91. The molecule has 1 amide bonds. The lowest BCUT2D eigenvalue weighted by Gasteiger charge is -2.24. The lowest BCUT2D eigenvalue weighted by molar-refractivity contribution is -0.122. The summed E-state index contributed by atoms with van der Waals surface area (Å²) in [5.41, 5.74) is 0. The largest absolute Gasteiger partial charge is 0.365 e. The number of pyridine rings is 1. The van der Waals surface area contributed by atoms with E-state index in [1.54, 1.807) is 6.20 Å². The first-order valence-corrected chi connectivity index (χ1v) is 5.69. The van der Waals surface area contributed by atoms with Gasteiger partial charge in [0.25, 0.3) is 0 Å². The fourth-order valence-electron chi connectivity index (χ4n) is 1.54. The molecule has 5 heteroatoms. The van der Waals surface area contributed by atoms with Crippen LogP contribution in [0.1, 0.15) is 12.8 Å². The van der Waals surface area contributed by atoms with Crippen LogP contribution in [0.25, 0.3) is 0 Å². The molecule has 1 aliphatic rings. The predicted molar refractivity (Wildman–Crippen MR) is 61.6 cm³/mol. The normalized spacial score (nSPS) is 20.9. The van der Waals surface area contributed by atoms with Gasteiger partial charge in [0.1, 0.15) is 5.82 Å². The first-order chi connectivity index (χ1) is 7.25. The van der Waals surface area contributed by atoms with Gasteiger partial charge in [0.2, 0.25) is 5.91 Å². The van der Waals surface area contributed by atoms with Crippen molar-refractivity contribution in [3.8, 4) is 0 Å². The molecule has 15 heavy (non-hydrogen) atoms. The zero-order valence-electron chi connectivity index (χ0n) is 8.16. The fraction of sp³-hybridized carbons (Fsp3) is 0.400. The van der Waals surface area contributed by atoms with Gasteiger partial charge >= 0.3 is 0 Å². The molecule has 80 valence electrons. The van der Waals surface area contributed by atoms with E-state index in [-0.39, 0.29) is 11.9 Å². The van der Waals surface area contributed by atoms with Crippen molar-refractivity contribution >= 4 is 27.7 Å². The third-order valence-corrected chi connectivity index (χ3v) is 3.00. The number of nitrogens with zero attached hydrogens (tertiary/aromatic N) is 1. The first-order valence-electron chi connectivity index (χ1n) is 4.89. The van der Waals surface area contributed by atoms with Crippen LogP contribution in [0.2, 0.25) is 0 Å². The van der Waals surface area contributed by atoms with Gasteiger partial charge in [-0.1, -0.05) is 0 Å². The molecule has 0 aromatic carbocycles. The molecular formula is C10H12BrN3O. The highest BCUT2D eigenvalue weighted by Gasteiger charge is 2.18. The molecule has 1 atom stereocenters. The van der Waals surface area contributed by atoms with Crippen LogP contribution in [-0.4, -0.2) is 23.5 Å². The first kappa shape index (κ1) is 10.4. The summed E-state index contributed by atoms with van der Waals surface area (Å²) < 4.78 is 0.946. The number of aromatic nitrogens is 1. The summed E-state index contributed by atoms with van der Waals surface area (Å²) in [5, 5.41) is 6.12. The minimum Gasteiger partial charge on any atom is -0.365 e. The number of piperidine rings is 1. The maximum Gasteiger partial charge on any atom is 0.220 e. The van der Waals surface area contributed by atoms with Crippen LogP contribution in [-0.2, 0) is 4.79 Å². The third-order valence-electron chi connectivity index (χ3n) is 2.36. The number of rotatable bonds is 2. The Labute approximate surface area is 96.6 Å². The summed E-state index contributed by atoms with van der Waals surface area (Å²) >= 11 is 3.42. The Morgan fingerprint density at radius 1 is 1.60 bits per heavy atom. The SMILES string of the molecule is O=C1CCC(Nc2ncccc2Br)CN1. The standard InChI is InChI=1S/C10H12BrN3O/c11-8-2-1-5-12-10(8)14-7-3-4-9(15)13-6-7/h1-2,5,7H,3-4,6H2,(H,12,14)(H,13,15). The van der Waals surface area contributed by atoms with Crippen LogP contribution in [0.4, 0.5) is 5.82 Å². The monoisotopic (exact) mass is 269 g/mol. The van der Waals surface area contributed by atoms with Gasteiger partial charge in [0.05, 0.1) is 4.47 Å². The van der Waals surface area contributed by atoms with Crippen molar-refractivity contribution in [1.29, 1.82) is 0 Å². The number of nitrogens with one attached hydrogen (secondary N) is 2. The Morgan fingerprint density at radius 3 is 3.13 bits per heavy atom. The van der Waals surface area contributed by atoms with E-state index in [0.717, 1.165) is 16.7 Å². The molecule has 0 aliphatic carbocycles. The third kappa shape index (κ3) is 2.68. The Hall–Kier alpha value is -1.10. The van der Waals surface area contributed by atoms with E-state index < -0.39 is 0 Å². The highest BCUT2D eigenvalue weighted by atomic mass is 79.9. The predicted octanol–water partition coefficient (Wildman–Crippen LogP) is 1.53. The summed E-state index contributed by atoms with van der Waals surface area (Å²) in [4.78, 5) is 15.2. The molecule has 2 heterocycles. The number of anilines is 1. The van der Waals surface area contributed by atoms with Gasteiger partial charge < -0.3 is 10.6 Å². The average molecular weight is 270 g/mol. The van der Waals surface area contributed by atoms with E-state index in [4.69, 9.17) is 0 Å². The molecule has 1 aliphatic heterocycles. The Balaban J connectivity index is 1.97. The van der Waals surface area contributed by atoms with Gasteiger partial charge in [-0.25, -0.2) is 4.98 Å². The van der Waals surface area contributed by atoms with Crippen LogP contribution in [0, 0.1) is 0 Å². The maximum absolute atomic E-state index is 11.0. The van der Waals surface area contributed by atoms with Gasteiger partial charge in [0, 0.05) is 25.2 Å². The minimum absolute atomic E-state index is 0.133. The summed E-state index contributed by atoms with van der Waals surface area (Å²) in [5.74, 6) is 0.965.